The lowest BCUT2D eigenvalue weighted by molar-refractivity contribution is -0.141. The van der Waals surface area contributed by atoms with Gasteiger partial charge in [-0.1, -0.05) is 0 Å². The molecule has 2 amide bonds. The van der Waals surface area contributed by atoms with Crippen LogP contribution in [0.3, 0.4) is 0 Å². The second-order valence-corrected chi connectivity index (χ2v) is 11.8. The van der Waals surface area contributed by atoms with Crippen molar-refractivity contribution in [1.82, 2.24) is 19.6 Å². The average molecular weight is 447 g/mol. The van der Waals surface area contributed by atoms with Crippen LogP contribution < -0.4 is 0 Å². The fourth-order valence-corrected chi connectivity index (χ4v) is 7.25. The minimum atomic E-state index is -0.144. The predicted molar refractivity (Wildman–Crippen MR) is 128 cm³/mol. The zero-order chi connectivity index (χ0) is 23.3. The lowest BCUT2D eigenvalue weighted by Gasteiger charge is -2.47. The number of hydrogen-bond acceptors (Lipinski definition) is 4. The van der Waals surface area contributed by atoms with Crippen molar-refractivity contribution in [2.45, 2.75) is 104 Å². The van der Waals surface area contributed by atoms with Crippen LogP contribution in [0.2, 0.25) is 0 Å². The lowest BCUT2D eigenvalue weighted by Crippen LogP contribution is -2.54. The van der Waals surface area contributed by atoms with Gasteiger partial charge in [0.1, 0.15) is 0 Å². The molecule has 4 unspecified atom stereocenters. The van der Waals surface area contributed by atoms with Crippen molar-refractivity contribution in [3.8, 4) is 0 Å². The first-order valence-electron chi connectivity index (χ1n) is 13.2. The molecular formula is C26H46N4O2. The maximum absolute atomic E-state index is 13.4. The molecule has 0 aliphatic carbocycles. The molecule has 4 aliphatic rings. The summed E-state index contributed by atoms with van der Waals surface area (Å²) in [6.07, 6.45) is 6.15. The zero-order valence-electron chi connectivity index (χ0n) is 21.4. The molecule has 0 bridgehead atoms. The number of carbonyl (C=O) groups is 2. The van der Waals surface area contributed by atoms with Gasteiger partial charge in [0, 0.05) is 50.3 Å². The first-order valence-corrected chi connectivity index (χ1v) is 13.2. The van der Waals surface area contributed by atoms with E-state index in [4.69, 9.17) is 0 Å². The molecule has 4 aliphatic heterocycles. The van der Waals surface area contributed by atoms with Gasteiger partial charge in [0.15, 0.2) is 0 Å². The maximum atomic E-state index is 13.4. The smallest absolute Gasteiger partial charge is 0.230 e. The highest BCUT2D eigenvalue weighted by Gasteiger charge is 2.53. The monoisotopic (exact) mass is 446 g/mol. The van der Waals surface area contributed by atoms with E-state index in [1.165, 1.54) is 0 Å². The standard InChI is InChI=1S/C26H46N4O2/c1-7-27-12-8-26(23(27)31)9-13-28(18-26)21(6)16-22-17-25(10-14-29(22)19(2)3)11-15-30(20(4)5)24(25)32/h19-22H,7-18H2,1-6H3. The molecule has 4 saturated heterocycles. The molecule has 32 heavy (non-hydrogen) atoms. The maximum Gasteiger partial charge on any atom is 0.230 e. The number of amides is 2. The highest BCUT2D eigenvalue weighted by atomic mass is 16.2. The molecule has 0 aromatic heterocycles. The number of hydrogen-bond donors (Lipinski definition) is 0. The van der Waals surface area contributed by atoms with E-state index in [9.17, 15) is 9.59 Å². The van der Waals surface area contributed by atoms with Gasteiger partial charge in [-0.3, -0.25) is 19.4 Å². The quantitative estimate of drug-likeness (QED) is 0.629. The van der Waals surface area contributed by atoms with Crippen molar-refractivity contribution < 1.29 is 9.59 Å². The van der Waals surface area contributed by atoms with Crippen LogP contribution in [0.4, 0.5) is 0 Å². The molecule has 182 valence electrons. The molecule has 4 atom stereocenters. The average Bonchev–Trinajstić information content (AvgIpc) is 3.40. The second kappa shape index (κ2) is 8.90. The number of likely N-dealkylation sites (tertiary alicyclic amines) is 4. The Morgan fingerprint density at radius 3 is 2.09 bits per heavy atom. The summed E-state index contributed by atoms with van der Waals surface area (Å²) in [6, 6.07) is 1.69. The summed E-state index contributed by atoms with van der Waals surface area (Å²) in [5.41, 5.74) is -0.274. The van der Waals surface area contributed by atoms with E-state index in [2.05, 4.69) is 56.2 Å². The Kier molecular flexibility index (Phi) is 6.68. The predicted octanol–water partition coefficient (Wildman–Crippen LogP) is 3.21. The van der Waals surface area contributed by atoms with Gasteiger partial charge in [-0.15, -0.1) is 0 Å². The largest absolute Gasteiger partial charge is 0.342 e. The lowest BCUT2D eigenvalue weighted by atomic mass is 9.72. The van der Waals surface area contributed by atoms with Crippen LogP contribution in [0, 0.1) is 10.8 Å². The highest BCUT2D eigenvalue weighted by molar-refractivity contribution is 5.86. The third kappa shape index (κ3) is 4.00. The van der Waals surface area contributed by atoms with Gasteiger partial charge in [-0.25, -0.2) is 0 Å². The minimum Gasteiger partial charge on any atom is -0.342 e. The van der Waals surface area contributed by atoms with E-state index in [0.29, 0.717) is 36.0 Å². The van der Waals surface area contributed by atoms with Crippen LogP contribution >= 0.6 is 0 Å². The Morgan fingerprint density at radius 1 is 0.844 bits per heavy atom. The minimum absolute atomic E-state index is 0.130. The molecule has 0 aromatic carbocycles. The summed E-state index contributed by atoms with van der Waals surface area (Å²) >= 11 is 0. The van der Waals surface area contributed by atoms with Crippen LogP contribution in [-0.4, -0.2) is 94.8 Å². The zero-order valence-corrected chi connectivity index (χ0v) is 21.4. The van der Waals surface area contributed by atoms with Crippen molar-refractivity contribution in [2.75, 3.05) is 39.3 Å². The Morgan fingerprint density at radius 2 is 1.50 bits per heavy atom. The van der Waals surface area contributed by atoms with Gasteiger partial charge in [-0.2, -0.15) is 0 Å². The van der Waals surface area contributed by atoms with Gasteiger partial charge >= 0.3 is 0 Å². The van der Waals surface area contributed by atoms with E-state index >= 15 is 0 Å². The Balaban J connectivity index is 1.44. The SMILES string of the molecule is CCN1CCC2(CCN(C(C)CC3CC4(CCN(C(C)C)C4=O)CCN3C(C)C)C2)C1=O. The highest BCUT2D eigenvalue weighted by Crippen LogP contribution is 2.46. The van der Waals surface area contributed by atoms with E-state index in [0.717, 1.165) is 77.8 Å². The topological polar surface area (TPSA) is 47.1 Å². The van der Waals surface area contributed by atoms with Crippen molar-refractivity contribution in [3.05, 3.63) is 0 Å². The first-order chi connectivity index (χ1) is 15.1. The summed E-state index contributed by atoms with van der Waals surface area (Å²) in [7, 11) is 0. The molecule has 0 aromatic rings. The van der Waals surface area contributed by atoms with E-state index in [1.807, 2.05) is 4.90 Å². The van der Waals surface area contributed by atoms with Crippen LogP contribution in [0.1, 0.15) is 80.1 Å². The molecule has 4 heterocycles. The van der Waals surface area contributed by atoms with Gasteiger partial charge in [0.05, 0.1) is 10.8 Å². The number of carbonyl (C=O) groups excluding carboxylic acids is 2. The molecule has 4 fully saturated rings. The normalized spacial score (nSPS) is 35.6. The number of rotatable bonds is 6. The summed E-state index contributed by atoms with van der Waals surface area (Å²) in [4.78, 5) is 35.8. The molecule has 0 N–H and O–H groups in total. The molecule has 4 rings (SSSR count). The van der Waals surface area contributed by atoms with Gasteiger partial charge in [0.25, 0.3) is 0 Å². The van der Waals surface area contributed by atoms with Crippen LogP contribution in [0.5, 0.6) is 0 Å². The molecule has 6 nitrogen and oxygen atoms in total. The summed E-state index contributed by atoms with van der Waals surface area (Å²) in [5, 5.41) is 0. The Hall–Kier alpha value is -1.14. The van der Waals surface area contributed by atoms with E-state index in [-0.39, 0.29) is 10.8 Å². The third-order valence-corrected chi connectivity index (χ3v) is 9.38. The fourth-order valence-electron chi connectivity index (χ4n) is 7.25. The van der Waals surface area contributed by atoms with Crippen molar-refractivity contribution in [1.29, 1.82) is 0 Å². The molecule has 0 saturated carbocycles. The third-order valence-electron chi connectivity index (χ3n) is 9.38. The summed E-state index contributed by atoms with van der Waals surface area (Å²) in [6.45, 7) is 19.0. The molecule has 6 heteroatoms. The van der Waals surface area contributed by atoms with Crippen molar-refractivity contribution in [2.24, 2.45) is 10.8 Å². The van der Waals surface area contributed by atoms with Crippen LogP contribution in [0.15, 0.2) is 0 Å². The fraction of sp³-hybridized carbons (Fsp3) is 0.923. The van der Waals surface area contributed by atoms with Crippen LogP contribution in [0.25, 0.3) is 0 Å². The van der Waals surface area contributed by atoms with Gasteiger partial charge < -0.3 is 9.80 Å². The molecule has 0 radical (unpaired) electrons. The molecule has 2 spiro atoms. The van der Waals surface area contributed by atoms with Crippen molar-refractivity contribution >= 4 is 11.8 Å². The van der Waals surface area contributed by atoms with E-state index < -0.39 is 0 Å². The number of nitrogens with zero attached hydrogens (tertiary/aromatic N) is 4. The first kappa shape index (κ1) is 24.0. The van der Waals surface area contributed by atoms with Crippen LogP contribution in [-0.2, 0) is 9.59 Å². The second-order valence-electron chi connectivity index (χ2n) is 11.8. The van der Waals surface area contributed by atoms with Gasteiger partial charge in [0.2, 0.25) is 11.8 Å². The Bertz CT molecular complexity index is 725. The van der Waals surface area contributed by atoms with Gasteiger partial charge in [-0.05, 0) is 93.2 Å². The molecular weight excluding hydrogens is 400 g/mol. The van der Waals surface area contributed by atoms with Crippen molar-refractivity contribution in [3.63, 3.8) is 0 Å². The number of piperidine rings is 1. The van der Waals surface area contributed by atoms with E-state index in [1.54, 1.807) is 0 Å². The summed E-state index contributed by atoms with van der Waals surface area (Å²) < 4.78 is 0. The Labute approximate surface area is 195 Å². The summed E-state index contributed by atoms with van der Waals surface area (Å²) in [5.74, 6) is 0.797.